The lowest BCUT2D eigenvalue weighted by molar-refractivity contribution is -0.137. The summed E-state index contributed by atoms with van der Waals surface area (Å²) in [7, 11) is 0. The first kappa shape index (κ1) is 15.2. The molecule has 0 aliphatic carbocycles. The molecule has 108 valence electrons. The molecule has 0 aliphatic heterocycles. The Hall–Kier alpha value is -2.20. The summed E-state index contributed by atoms with van der Waals surface area (Å²) in [5.74, 6) is 0.248. The van der Waals surface area contributed by atoms with Gasteiger partial charge in [0.25, 0.3) is 0 Å². The van der Waals surface area contributed by atoms with Crippen LogP contribution in [0.1, 0.15) is 11.1 Å². The molecule has 21 heavy (non-hydrogen) atoms. The topological polar surface area (TPSA) is 59.0 Å². The second kappa shape index (κ2) is 5.66. The Morgan fingerprint density at radius 2 is 1.90 bits per heavy atom. The van der Waals surface area contributed by atoms with Crippen molar-refractivity contribution in [1.29, 1.82) is 5.26 Å². The van der Waals surface area contributed by atoms with Crippen LogP contribution in [0.2, 0.25) is 0 Å². The third kappa shape index (κ3) is 3.28. The minimum absolute atomic E-state index is 0.00380. The van der Waals surface area contributed by atoms with E-state index in [2.05, 4.69) is 15.9 Å². The van der Waals surface area contributed by atoms with Crippen molar-refractivity contribution in [2.75, 3.05) is 5.73 Å². The zero-order valence-corrected chi connectivity index (χ0v) is 12.0. The van der Waals surface area contributed by atoms with Crippen LogP contribution in [0.3, 0.4) is 0 Å². The second-order valence-corrected chi connectivity index (χ2v) is 4.94. The minimum atomic E-state index is -4.52. The molecule has 0 unspecified atom stereocenters. The van der Waals surface area contributed by atoms with Crippen molar-refractivity contribution in [1.82, 2.24) is 0 Å². The minimum Gasteiger partial charge on any atom is -0.453 e. The number of hydrogen-bond acceptors (Lipinski definition) is 3. The molecule has 0 heterocycles. The van der Waals surface area contributed by atoms with Crippen LogP contribution in [-0.4, -0.2) is 0 Å². The fourth-order valence-electron chi connectivity index (χ4n) is 1.63. The van der Waals surface area contributed by atoms with E-state index in [0.29, 0.717) is 10.2 Å². The molecule has 2 aromatic rings. The van der Waals surface area contributed by atoms with Gasteiger partial charge in [-0.25, -0.2) is 0 Å². The first-order valence-corrected chi connectivity index (χ1v) is 6.45. The van der Waals surface area contributed by atoms with Crippen molar-refractivity contribution < 1.29 is 17.9 Å². The summed E-state index contributed by atoms with van der Waals surface area (Å²) < 4.78 is 43.8. The van der Waals surface area contributed by atoms with E-state index < -0.39 is 11.7 Å². The molecule has 0 saturated carbocycles. The number of benzene rings is 2. The van der Waals surface area contributed by atoms with Crippen molar-refractivity contribution in [3.63, 3.8) is 0 Å². The first-order valence-electron chi connectivity index (χ1n) is 5.66. The van der Waals surface area contributed by atoms with E-state index in [-0.39, 0.29) is 17.1 Å². The fourth-order valence-corrected chi connectivity index (χ4v) is 2.09. The SMILES string of the molecule is N#Cc1cc(C(F)(F)F)ccc1Oc1c(N)cccc1Br. The summed E-state index contributed by atoms with van der Waals surface area (Å²) in [5, 5.41) is 8.98. The molecule has 2 aromatic carbocycles. The molecular formula is C14H8BrF3N2O. The maximum atomic E-state index is 12.6. The number of nitrogens with zero attached hydrogens (tertiary/aromatic N) is 1. The largest absolute Gasteiger partial charge is 0.453 e. The number of alkyl halides is 3. The van der Waals surface area contributed by atoms with Gasteiger partial charge in [0.2, 0.25) is 0 Å². The Kier molecular flexibility index (Phi) is 4.09. The first-order chi connectivity index (χ1) is 9.82. The van der Waals surface area contributed by atoms with Crippen molar-refractivity contribution in [3.05, 3.63) is 52.0 Å². The van der Waals surface area contributed by atoms with Crippen LogP contribution in [0.25, 0.3) is 0 Å². The molecule has 0 aromatic heterocycles. The standard InChI is InChI=1S/C14H8BrF3N2O/c15-10-2-1-3-11(20)13(10)21-12-5-4-9(14(16,17)18)6-8(12)7-19/h1-6H,20H2. The van der Waals surface area contributed by atoms with E-state index in [9.17, 15) is 13.2 Å². The normalized spacial score (nSPS) is 11.0. The number of nitriles is 1. The van der Waals surface area contributed by atoms with Gasteiger partial charge in [-0.3, -0.25) is 0 Å². The molecule has 3 nitrogen and oxygen atoms in total. The van der Waals surface area contributed by atoms with E-state index in [4.69, 9.17) is 15.7 Å². The van der Waals surface area contributed by atoms with Crippen LogP contribution < -0.4 is 10.5 Å². The third-order valence-corrected chi connectivity index (χ3v) is 3.26. The van der Waals surface area contributed by atoms with Gasteiger partial charge in [-0.05, 0) is 46.3 Å². The van der Waals surface area contributed by atoms with Crippen molar-refractivity contribution >= 4 is 21.6 Å². The third-order valence-electron chi connectivity index (χ3n) is 2.64. The summed E-state index contributed by atoms with van der Waals surface area (Å²) in [4.78, 5) is 0. The highest BCUT2D eigenvalue weighted by molar-refractivity contribution is 9.10. The van der Waals surface area contributed by atoms with E-state index in [1.165, 1.54) is 0 Å². The second-order valence-electron chi connectivity index (χ2n) is 4.08. The zero-order chi connectivity index (χ0) is 15.6. The number of rotatable bonds is 2. The maximum Gasteiger partial charge on any atom is 0.416 e. The average molecular weight is 357 g/mol. The highest BCUT2D eigenvalue weighted by atomic mass is 79.9. The van der Waals surface area contributed by atoms with E-state index >= 15 is 0 Å². The lowest BCUT2D eigenvalue weighted by atomic mass is 10.1. The van der Waals surface area contributed by atoms with Gasteiger partial charge < -0.3 is 10.5 Å². The molecular weight excluding hydrogens is 349 g/mol. The maximum absolute atomic E-state index is 12.6. The number of hydrogen-bond donors (Lipinski definition) is 1. The molecule has 0 atom stereocenters. The van der Waals surface area contributed by atoms with Crippen molar-refractivity contribution in [3.8, 4) is 17.6 Å². The van der Waals surface area contributed by atoms with Crippen molar-refractivity contribution in [2.24, 2.45) is 0 Å². The van der Waals surface area contributed by atoms with Gasteiger partial charge in [-0.15, -0.1) is 0 Å². The Morgan fingerprint density at radius 1 is 1.19 bits per heavy atom. The van der Waals surface area contributed by atoms with E-state index in [0.717, 1.165) is 18.2 Å². The summed E-state index contributed by atoms with van der Waals surface area (Å²) in [5.41, 5.74) is 4.91. The zero-order valence-electron chi connectivity index (χ0n) is 10.4. The van der Waals surface area contributed by atoms with E-state index in [1.807, 2.05) is 0 Å². The lowest BCUT2D eigenvalue weighted by Gasteiger charge is -2.13. The number of nitrogen functional groups attached to an aromatic ring is 1. The Morgan fingerprint density at radius 3 is 2.48 bits per heavy atom. The fraction of sp³-hybridized carbons (Fsp3) is 0.0714. The molecule has 0 bridgehead atoms. The van der Waals surface area contributed by atoms with Crippen LogP contribution in [-0.2, 0) is 6.18 Å². The molecule has 7 heteroatoms. The molecule has 2 N–H and O–H groups in total. The molecule has 0 aliphatic rings. The smallest absolute Gasteiger partial charge is 0.416 e. The monoisotopic (exact) mass is 356 g/mol. The number of halogens is 4. The van der Waals surface area contributed by atoms with Gasteiger partial charge in [0, 0.05) is 0 Å². The Labute approximate surface area is 126 Å². The number of anilines is 1. The van der Waals surface area contributed by atoms with Crippen LogP contribution in [0.5, 0.6) is 11.5 Å². The molecule has 2 rings (SSSR count). The van der Waals surface area contributed by atoms with Gasteiger partial charge in [-0.1, -0.05) is 6.07 Å². The highest BCUT2D eigenvalue weighted by Crippen LogP contribution is 2.38. The van der Waals surface area contributed by atoms with Crippen LogP contribution in [0.4, 0.5) is 18.9 Å². The average Bonchev–Trinajstić information content (AvgIpc) is 2.42. The molecule has 0 fully saturated rings. The lowest BCUT2D eigenvalue weighted by Crippen LogP contribution is -2.05. The molecule has 0 saturated heterocycles. The van der Waals surface area contributed by atoms with Crippen LogP contribution in [0, 0.1) is 11.3 Å². The van der Waals surface area contributed by atoms with E-state index in [1.54, 1.807) is 24.3 Å². The summed E-state index contributed by atoms with van der Waals surface area (Å²) in [6.45, 7) is 0. The number of para-hydroxylation sites is 1. The molecule has 0 spiro atoms. The summed E-state index contributed by atoms with van der Waals surface area (Å²) in [6, 6.07) is 9.31. The predicted molar refractivity (Wildman–Crippen MR) is 74.8 cm³/mol. The van der Waals surface area contributed by atoms with Gasteiger partial charge in [0.15, 0.2) is 5.75 Å². The summed E-state index contributed by atoms with van der Waals surface area (Å²) in [6.07, 6.45) is -4.52. The molecule has 0 amide bonds. The number of nitrogens with two attached hydrogens (primary N) is 1. The van der Waals surface area contributed by atoms with Crippen LogP contribution in [0.15, 0.2) is 40.9 Å². The number of ether oxygens (including phenoxy) is 1. The molecule has 0 radical (unpaired) electrons. The quantitative estimate of drug-likeness (QED) is 0.792. The predicted octanol–water partition coefficient (Wildman–Crippen LogP) is 4.71. The van der Waals surface area contributed by atoms with Gasteiger partial charge in [0.05, 0.1) is 21.3 Å². The van der Waals surface area contributed by atoms with Crippen molar-refractivity contribution in [2.45, 2.75) is 6.18 Å². The van der Waals surface area contributed by atoms with Gasteiger partial charge in [-0.2, -0.15) is 18.4 Å². The Bertz CT molecular complexity index is 703. The Balaban J connectivity index is 2.44. The summed E-state index contributed by atoms with van der Waals surface area (Å²) >= 11 is 3.23. The van der Waals surface area contributed by atoms with Crippen LogP contribution >= 0.6 is 15.9 Å². The highest BCUT2D eigenvalue weighted by Gasteiger charge is 2.31. The van der Waals surface area contributed by atoms with Gasteiger partial charge in [0.1, 0.15) is 11.8 Å². The van der Waals surface area contributed by atoms with Gasteiger partial charge >= 0.3 is 6.18 Å².